The summed E-state index contributed by atoms with van der Waals surface area (Å²) in [4.78, 5) is 11.7. The fourth-order valence-electron chi connectivity index (χ4n) is 3.33. The smallest absolute Gasteiger partial charge is 0.309 e. The van der Waals surface area contributed by atoms with Gasteiger partial charge in [0, 0.05) is 6.42 Å². The summed E-state index contributed by atoms with van der Waals surface area (Å²) in [5.74, 6) is 0.809. The third kappa shape index (κ3) is 3.25. The van der Waals surface area contributed by atoms with Gasteiger partial charge in [0.1, 0.15) is 6.10 Å². The van der Waals surface area contributed by atoms with Crippen LogP contribution in [0.2, 0.25) is 0 Å². The summed E-state index contributed by atoms with van der Waals surface area (Å²) in [5, 5.41) is 10.2. The first-order chi connectivity index (χ1) is 8.58. The van der Waals surface area contributed by atoms with Crippen molar-refractivity contribution < 1.29 is 14.6 Å². The van der Waals surface area contributed by atoms with Gasteiger partial charge in [0.2, 0.25) is 0 Å². The van der Waals surface area contributed by atoms with Crippen molar-refractivity contribution in [3.8, 4) is 0 Å². The lowest BCUT2D eigenvalue weighted by Crippen LogP contribution is -2.29. The van der Waals surface area contributed by atoms with Crippen LogP contribution < -0.4 is 0 Å². The van der Waals surface area contributed by atoms with Gasteiger partial charge >= 0.3 is 5.97 Å². The van der Waals surface area contributed by atoms with Crippen molar-refractivity contribution in [2.45, 2.75) is 71.0 Å². The molecule has 1 heterocycles. The molecule has 3 nitrogen and oxygen atoms in total. The monoisotopic (exact) mass is 254 g/mol. The Bertz CT molecular complexity index is 281. The molecule has 18 heavy (non-hydrogen) atoms. The summed E-state index contributed by atoms with van der Waals surface area (Å²) in [6.45, 7) is 4.09. The van der Waals surface area contributed by atoms with E-state index in [0.717, 1.165) is 6.42 Å². The molecule has 2 rings (SSSR count). The number of hydrogen-bond acceptors (Lipinski definition) is 3. The topological polar surface area (TPSA) is 46.5 Å². The molecule has 2 fully saturated rings. The third-order valence-electron chi connectivity index (χ3n) is 4.59. The van der Waals surface area contributed by atoms with Crippen molar-refractivity contribution in [2.75, 3.05) is 0 Å². The van der Waals surface area contributed by atoms with Gasteiger partial charge in [0.25, 0.3) is 0 Å². The number of esters is 1. The average molecular weight is 254 g/mol. The molecule has 1 saturated carbocycles. The van der Waals surface area contributed by atoms with Crippen molar-refractivity contribution >= 4 is 5.97 Å². The predicted molar refractivity (Wildman–Crippen MR) is 70.0 cm³/mol. The largest absolute Gasteiger partial charge is 0.459 e. The van der Waals surface area contributed by atoms with E-state index in [4.69, 9.17) is 4.74 Å². The minimum atomic E-state index is -0.458. The molecular weight excluding hydrogens is 228 g/mol. The molecule has 0 spiro atoms. The summed E-state index contributed by atoms with van der Waals surface area (Å²) in [6.07, 6.45) is 7.16. The summed E-state index contributed by atoms with van der Waals surface area (Å²) in [5.41, 5.74) is 0. The Morgan fingerprint density at radius 1 is 1.28 bits per heavy atom. The number of carbonyl (C=O) groups is 1. The van der Waals surface area contributed by atoms with Crippen LogP contribution in [0, 0.1) is 17.8 Å². The predicted octanol–water partition coefficient (Wildman–Crippen LogP) is 2.91. The molecule has 3 heteroatoms. The summed E-state index contributed by atoms with van der Waals surface area (Å²) >= 11 is 0. The molecule has 1 saturated heterocycles. The fraction of sp³-hybridized carbons (Fsp3) is 0.933. The second-order valence-electron chi connectivity index (χ2n) is 6.37. The Balaban J connectivity index is 1.82. The lowest BCUT2D eigenvalue weighted by Gasteiger charge is -2.26. The Hall–Kier alpha value is -0.570. The van der Waals surface area contributed by atoms with Gasteiger partial charge in [0.05, 0.1) is 12.0 Å². The summed E-state index contributed by atoms with van der Waals surface area (Å²) < 4.78 is 5.35. The zero-order chi connectivity index (χ0) is 13.1. The van der Waals surface area contributed by atoms with Crippen molar-refractivity contribution in [1.82, 2.24) is 0 Å². The van der Waals surface area contributed by atoms with Crippen LogP contribution in [0.5, 0.6) is 0 Å². The quantitative estimate of drug-likeness (QED) is 0.785. The zero-order valence-electron chi connectivity index (χ0n) is 11.6. The highest BCUT2D eigenvalue weighted by Crippen LogP contribution is 2.33. The van der Waals surface area contributed by atoms with Gasteiger partial charge in [-0.25, -0.2) is 0 Å². The van der Waals surface area contributed by atoms with Crippen LogP contribution >= 0.6 is 0 Å². The zero-order valence-corrected chi connectivity index (χ0v) is 11.6. The highest BCUT2D eigenvalue weighted by atomic mass is 16.6. The van der Waals surface area contributed by atoms with Gasteiger partial charge in [0.15, 0.2) is 0 Å². The van der Waals surface area contributed by atoms with Crippen molar-refractivity contribution in [3.63, 3.8) is 0 Å². The summed E-state index contributed by atoms with van der Waals surface area (Å²) in [7, 11) is 0. The molecule has 104 valence electrons. The normalized spacial score (nSPS) is 31.7. The molecule has 0 aromatic carbocycles. The van der Waals surface area contributed by atoms with E-state index in [1.807, 2.05) is 13.8 Å². The maximum Gasteiger partial charge on any atom is 0.309 e. The van der Waals surface area contributed by atoms with E-state index in [1.54, 1.807) is 0 Å². The van der Waals surface area contributed by atoms with Crippen LogP contribution in [0.15, 0.2) is 0 Å². The van der Waals surface area contributed by atoms with Crippen LogP contribution in [0.4, 0.5) is 0 Å². The Labute approximate surface area is 110 Å². The standard InChI is InChI=1S/C15H26O3/c1-10(2)12-9-14(18-15(12)17)13(16)8-11-6-4-3-5-7-11/h10-14,16H,3-9H2,1-2H3/t12-,13+,14-/m0/s1. The van der Waals surface area contributed by atoms with Crippen molar-refractivity contribution in [3.05, 3.63) is 0 Å². The van der Waals surface area contributed by atoms with Gasteiger partial charge in [-0.2, -0.15) is 0 Å². The lowest BCUT2D eigenvalue weighted by molar-refractivity contribution is -0.149. The number of aliphatic hydroxyl groups is 1. The van der Waals surface area contributed by atoms with E-state index >= 15 is 0 Å². The fourth-order valence-corrected chi connectivity index (χ4v) is 3.33. The molecule has 0 unspecified atom stereocenters. The molecule has 3 atom stereocenters. The SMILES string of the molecule is CC(C)[C@@H]1C[C@@H]([C@H](O)CC2CCCCC2)OC1=O. The van der Waals surface area contributed by atoms with E-state index in [0.29, 0.717) is 18.3 Å². The number of hydrogen-bond donors (Lipinski definition) is 1. The van der Waals surface area contributed by atoms with E-state index in [-0.39, 0.29) is 18.0 Å². The number of cyclic esters (lactones) is 1. The van der Waals surface area contributed by atoms with Crippen LogP contribution in [0.3, 0.4) is 0 Å². The Morgan fingerprint density at radius 2 is 1.94 bits per heavy atom. The molecule has 0 amide bonds. The van der Waals surface area contributed by atoms with E-state index in [9.17, 15) is 9.90 Å². The molecule has 1 aliphatic carbocycles. The van der Waals surface area contributed by atoms with E-state index < -0.39 is 6.10 Å². The molecule has 0 aromatic heterocycles. The van der Waals surface area contributed by atoms with Gasteiger partial charge in [-0.05, 0) is 18.3 Å². The highest BCUT2D eigenvalue weighted by molar-refractivity contribution is 5.75. The minimum Gasteiger partial charge on any atom is -0.459 e. The Kier molecular flexibility index (Phi) is 4.66. The van der Waals surface area contributed by atoms with Crippen molar-refractivity contribution in [2.24, 2.45) is 17.8 Å². The molecule has 0 aromatic rings. The molecule has 1 aliphatic heterocycles. The number of rotatable bonds is 4. The third-order valence-corrected chi connectivity index (χ3v) is 4.59. The molecule has 2 aliphatic rings. The second-order valence-corrected chi connectivity index (χ2v) is 6.37. The first-order valence-electron chi connectivity index (χ1n) is 7.46. The van der Waals surface area contributed by atoms with Crippen LogP contribution in [0.1, 0.15) is 58.8 Å². The number of aliphatic hydroxyl groups excluding tert-OH is 1. The first-order valence-corrected chi connectivity index (χ1v) is 7.46. The van der Waals surface area contributed by atoms with Gasteiger partial charge in [-0.3, -0.25) is 4.79 Å². The Morgan fingerprint density at radius 3 is 2.50 bits per heavy atom. The second kappa shape index (κ2) is 6.05. The van der Waals surface area contributed by atoms with Crippen molar-refractivity contribution in [1.29, 1.82) is 0 Å². The molecule has 1 N–H and O–H groups in total. The maximum absolute atomic E-state index is 11.7. The number of carbonyl (C=O) groups excluding carboxylic acids is 1. The van der Waals surface area contributed by atoms with Gasteiger partial charge in [-0.15, -0.1) is 0 Å². The highest BCUT2D eigenvalue weighted by Gasteiger charge is 2.40. The number of ether oxygens (including phenoxy) is 1. The molecule has 0 bridgehead atoms. The van der Waals surface area contributed by atoms with Crippen LogP contribution in [-0.4, -0.2) is 23.3 Å². The summed E-state index contributed by atoms with van der Waals surface area (Å²) in [6, 6.07) is 0. The van der Waals surface area contributed by atoms with E-state index in [2.05, 4.69) is 0 Å². The molecule has 0 radical (unpaired) electrons. The van der Waals surface area contributed by atoms with Crippen LogP contribution in [-0.2, 0) is 9.53 Å². The first kappa shape index (κ1) is 13.9. The molecular formula is C15H26O3. The minimum absolute atomic E-state index is 0.0176. The van der Waals surface area contributed by atoms with Gasteiger partial charge in [-0.1, -0.05) is 46.0 Å². The average Bonchev–Trinajstić information content (AvgIpc) is 2.73. The lowest BCUT2D eigenvalue weighted by atomic mass is 9.83. The van der Waals surface area contributed by atoms with Gasteiger partial charge < -0.3 is 9.84 Å². The van der Waals surface area contributed by atoms with Crippen LogP contribution in [0.25, 0.3) is 0 Å². The maximum atomic E-state index is 11.7. The van der Waals surface area contributed by atoms with E-state index in [1.165, 1.54) is 32.1 Å².